The van der Waals surface area contributed by atoms with Gasteiger partial charge in [0.05, 0.1) is 21.3 Å². The molecule has 0 rings (SSSR count). The molecule has 0 aromatic heterocycles. The first kappa shape index (κ1) is 77.6. The number of rotatable bonds is 34. The summed E-state index contributed by atoms with van der Waals surface area (Å²) in [7, 11) is 4.16. The fourth-order valence-corrected chi connectivity index (χ4v) is 11.8. The zero-order chi connectivity index (χ0) is 55.1. The molecule has 16 heteroatoms. The Labute approximate surface area is 459 Å². The van der Waals surface area contributed by atoms with Crippen molar-refractivity contribution < 1.29 is 47.8 Å². The van der Waals surface area contributed by atoms with E-state index in [1.807, 2.05) is 37.4 Å². The van der Waals surface area contributed by atoms with Gasteiger partial charge in [0.25, 0.3) is 0 Å². The summed E-state index contributed by atoms with van der Waals surface area (Å²) in [5, 5.41) is 0.190. The molecule has 0 aliphatic rings. The number of ether oxygens (including phenoxy) is 3. The number of thioether (sulfide) groups is 4. The standard InChI is InChI=1S/C30H52O4S3.C16H32S3.C7H10O2.2CO2/c1-8-9-10-11-12-13-14-15-16-17-20-36-30(35)37-28(29(32)34-7)24(4)18-19-26(21-23(2)3)25(5)22-27(31)33-6;1-4-5-6-7-8-9-10-11-12-13-14-18-16(17)19-15(2)3;1-4-6(2)5-7(8)9-3;2*2-1-3/h18,22-23,26,28H,8-17,19-21H2,1-7H3;15H,4-14H2,1-3H3;4-5H,1H2,2-3H3;;/b24-18+,25-22?;;6-5-;;/t26?,28-;;;;/m1..../s1. The van der Waals surface area contributed by atoms with Gasteiger partial charge in [0.1, 0.15) is 12.3 Å². The Morgan fingerprint density at radius 3 is 1.27 bits per heavy atom. The van der Waals surface area contributed by atoms with Crippen molar-refractivity contribution in [1.82, 2.24) is 0 Å². The number of allylic oxidation sites excluding steroid dienone is 4. The molecule has 0 bridgehead atoms. The smallest absolute Gasteiger partial charge is 0.373 e. The van der Waals surface area contributed by atoms with Crippen LogP contribution in [0.1, 0.15) is 204 Å². The van der Waals surface area contributed by atoms with Gasteiger partial charge in [-0.05, 0) is 75.4 Å². The summed E-state index contributed by atoms with van der Waals surface area (Å²) in [4.78, 5) is 67.2. The van der Waals surface area contributed by atoms with E-state index < -0.39 is 5.25 Å². The Bertz CT molecular complexity index is 1520. The third-order valence-electron chi connectivity index (χ3n) is 10.4. The first-order valence-electron chi connectivity index (χ1n) is 25.4. The monoisotopic (exact) mass is 1110 g/mol. The number of hydrogen-bond acceptors (Lipinski definition) is 16. The lowest BCUT2D eigenvalue weighted by Gasteiger charge is -2.20. The first-order chi connectivity index (χ1) is 33.8. The van der Waals surface area contributed by atoms with Gasteiger partial charge in [-0.1, -0.05) is 223 Å². The molecule has 1 unspecified atom stereocenters. The molecule has 0 heterocycles. The molecule has 10 nitrogen and oxygen atoms in total. The fourth-order valence-electron chi connectivity index (χ4n) is 6.42. The van der Waals surface area contributed by atoms with Gasteiger partial charge in [-0.3, -0.25) is 4.79 Å². The van der Waals surface area contributed by atoms with Crippen LogP contribution < -0.4 is 0 Å². The number of carbonyl (C=O) groups excluding carboxylic acids is 7. The largest absolute Gasteiger partial charge is 0.468 e. The average molecular weight is 1110 g/mol. The highest BCUT2D eigenvalue weighted by Crippen LogP contribution is 2.31. The van der Waals surface area contributed by atoms with E-state index in [2.05, 4.69) is 58.9 Å². The van der Waals surface area contributed by atoms with E-state index in [0.29, 0.717) is 11.2 Å². The molecule has 2 atom stereocenters. The van der Waals surface area contributed by atoms with Crippen LogP contribution in [-0.2, 0) is 47.8 Å². The normalized spacial score (nSPS) is 11.8. The zero-order valence-corrected chi connectivity index (χ0v) is 50.7. The third-order valence-corrected chi connectivity index (χ3v) is 16.0. The average Bonchev–Trinajstić information content (AvgIpc) is 3.33. The van der Waals surface area contributed by atoms with Crippen LogP contribution in [0, 0.1) is 11.8 Å². The molecular formula is C55H94O10S6. The molecule has 0 saturated heterocycles. The maximum absolute atomic E-state index is 12.6. The van der Waals surface area contributed by atoms with E-state index in [0.717, 1.165) is 48.8 Å². The van der Waals surface area contributed by atoms with Crippen molar-refractivity contribution >= 4 is 109 Å². The van der Waals surface area contributed by atoms with Crippen molar-refractivity contribution in [2.24, 2.45) is 11.8 Å². The van der Waals surface area contributed by atoms with Crippen LogP contribution in [-0.4, -0.2) is 80.6 Å². The molecule has 71 heavy (non-hydrogen) atoms. The Morgan fingerprint density at radius 1 is 0.563 bits per heavy atom. The molecule has 0 radical (unpaired) electrons. The molecule has 0 saturated carbocycles. The van der Waals surface area contributed by atoms with Gasteiger partial charge < -0.3 is 14.2 Å². The van der Waals surface area contributed by atoms with Crippen molar-refractivity contribution in [3.8, 4) is 0 Å². The van der Waals surface area contributed by atoms with Gasteiger partial charge in [-0.25, -0.2) is 9.59 Å². The minimum absolute atomic E-state index is 0.204. The molecule has 410 valence electrons. The van der Waals surface area contributed by atoms with E-state index in [4.69, 9.17) is 53.1 Å². The topological polar surface area (TPSA) is 147 Å². The van der Waals surface area contributed by atoms with Gasteiger partial charge in [0.15, 0.2) is 0 Å². The highest BCUT2D eigenvalue weighted by Gasteiger charge is 2.24. The van der Waals surface area contributed by atoms with Crippen LogP contribution in [0.2, 0.25) is 0 Å². The van der Waals surface area contributed by atoms with Crippen LogP contribution in [0.5, 0.6) is 0 Å². The molecule has 0 aromatic rings. The van der Waals surface area contributed by atoms with Crippen LogP contribution in [0.25, 0.3) is 0 Å². The number of hydrogen-bond donors (Lipinski definition) is 0. The lowest BCUT2D eigenvalue weighted by molar-refractivity contribution is -0.193. The molecule has 0 aliphatic heterocycles. The van der Waals surface area contributed by atoms with Crippen LogP contribution in [0.4, 0.5) is 0 Å². The van der Waals surface area contributed by atoms with Gasteiger partial charge in [-0.2, -0.15) is 19.2 Å². The van der Waals surface area contributed by atoms with E-state index in [-0.39, 0.29) is 36.1 Å². The van der Waals surface area contributed by atoms with Crippen molar-refractivity contribution in [2.75, 3.05) is 32.8 Å². The van der Waals surface area contributed by atoms with Crippen LogP contribution >= 0.6 is 71.5 Å². The van der Waals surface area contributed by atoms with Crippen molar-refractivity contribution in [3.63, 3.8) is 0 Å². The summed E-state index contributed by atoms with van der Waals surface area (Å²) in [5.74, 6) is 1.95. The summed E-state index contributed by atoms with van der Waals surface area (Å²) in [6, 6.07) is 0. The summed E-state index contributed by atoms with van der Waals surface area (Å²) in [6.45, 7) is 22.5. The summed E-state index contributed by atoms with van der Waals surface area (Å²) < 4.78 is 16.2. The Balaban J connectivity index is -0.000000350. The summed E-state index contributed by atoms with van der Waals surface area (Å²) >= 11 is 17.7. The molecule has 0 aliphatic carbocycles. The lowest BCUT2D eigenvalue weighted by atomic mass is 9.87. The number of unbranched alkanes of at least 4 members (excludes halogenated alkanes) is 18. The molecule has 0 fully saturated rings. The second kappa shape index (κ2) is 60.3. The molecular weight excluding hydrogens is 1010 g/mol. The maximum Gasteiger partial charge on any atom is 0.373 e. The van der Waals surface area contributed by atoms with Crippen molar-refractivity contribution in [3.05, 3.63) is 47.6 Å². The minimum atomic E-state index is -0.442. The van der Waals surface area contributed by atoms with Gasteiger partial charge in [-0.15, -0.1) is 35.3 Å². The molecule has 0 N–H and O–H groups in total. The molecule has 0 spiro atoms. The number of esters is 3. The Morgan fingerprint density at radius 2 is 0.930 bits per heavy atom. The Kier molecular flexibility index (Phi) is 65.9. The van der Waals surface area contributed by atoms with E-state index >= 15 is 0 Å². The second-order valence-corrected chi connectivity index (χ2v) is 24.7. The highest BCUT2D eigenvalue weighted by atomic mass is 32.2. The van der Waals surface area contributed by atoms with Gasteiger partial charge in [0.2, 0.25) is 0 Å². The van der Waals surface area contributed by atoms with E-state index in [1.54, 1.807) is 30.8 Å². The Hall–Kier alpha value is -2.29. The zero-order valence-electron chi connectivity index (χ0n) is 45.8. The molecule has 0 amide bonds. The summed E-state index contributed by atoms with van der Waals surface area (Å²) in [5.41, 5.74) is 2.75. The third kappa shape index (κ3) is 61.9. The quantitative estimate of drug-likeness (QED) is 0.0114. The van der Waals surface area contributed by atoms with Crippen molar-refractivity contribution in [1.29, 1.82) is 0 Å². The SMILES string of the molecule is C=C/C(C)=C\C(=O)OC.CCCCCCCCCCCCSC(=S)SC(C)C.CCCCCCCCCCCCSC(=S)S[C@@H](C(=O)OC)/C(C)=C/CC(CC(C)C)C(C)=CC(=O)OC.O=C=O.O=C=O. The second-order valence-electron chi connectivity index (χ2n) is 17.5. The lowest BCUT2D eigenvalue weighted by Crippen LogP contribution is -2.21. The number of thiocarbonyl (C=S) groups is 2. The predicted octanol–water partition coefficient (Wildman–Crippen LogP) is 16.5. The summed E-state index contributed by atoms with van der Waals surface area (Å²) in [6.07, 6.45) is 36.2. The molecule has 0 aromatic carbocycles. The minimum Gasteiger partial charge on any atom is -0.468 e. The predicted molar refractivity (Wildman–Crippen MR) is 313 cm³/mol. The number of carbonyl (C=O) groups is 3. The highest BCUT2D eigenvalue weighted by molar-refractivity contribution is 8.48. The van der Waals surface area contributed by atoms with Crippen LogP contribution in [0.15, 0.2) is 47.6 Å². The fraction of sp³-hybridized carbons (Fsp3) is 0.727. The number of methoxy groups -OCH3 is 3. The van der Waals surface area contributed by atoms with Gasteiger partial charge in [0, 0.05) is 17.4 Å². The van der Waals surface area contributed by atoms with Crippen LogP contribution in [0.3, 0.4) is 0 Å². The van der Waals surface area contributed by atoms with Gasteiger partial charge >= 0.3 is 30.2 Å². The van der Waals surface area contributed by atoms with E-state index in [1.165, 1.54) is 167 Å². The maximum atomic E-state index is 12.6. The van der Waals surface area contributed by atoms with E-state index in [9.17, 15) is 14.4 Å². The first-order valence-corrected chi connectivity index (χ1v) is 29.9. The van der Waals surface area contributed by atoms with Crippen molar-refractivity contribution in [2.45, 2.75) is 214 Å².